The summed E-state index contributed by atoms with van der Waals surface area (Å²) in [5, 5.41) is 0. The average molecular weight is 210 g/mol. The van der Waals surface area contributed by atoms with Crippen molar-refractivity contribution in [2.24, 2.45) is 10.9 Å². The molecule has 0 bridgehead atoms. The van der Waals surface area contributed by atoms with E-state index in [0.717, 1.165) is 11.4 Å². The van der Waals surface area contributed by atoms with Crippen LogP contribution in [0.5, 0.6) is 0 Å². The lowest BCUT2D eigenvalue weighted by atomic mass is 9.77. The second-order valence-corrected chi connectivity index (χ2v) is 4.45. The molecule has 3 rings (SSSR count). The van der Waals surface area contributed by atoms with Crippen molar-refractivity contribution in [3.8, 4) is 0 Å². The fourth-order valence-corrected chi connectivity index (χ4v) is 2.67. The third-order valence-corrected chi connectivity index (χ3v) is 3.30. The third-order valence-electron chi connectivity index (χ3n) is 3.30. The molecular weight excluding hydrogens is 196 g/mol. The summed E-state index contributed by atoms with van der Waals surface area (Å²) in [5.41, 5.74) is 4.71. The zero-order chi connectivity index (χ0) is 11.1. The molecule has 1 aliphatic carbocycles. The van der Waals surface area contributed by atoms with E-state index in [0.29, 0.717) is 11.8 Å². The van der Waals surface area contributed by atoms with Gasteiger partial charge in [-0.05, 0) is 31.6 Å². The maximum atomic E-state index is 4.58. The van der Waals surface area contributed by atoms with Gasteiger partial charge in [0.15, 0.2) is 0 Å². The SMILES string of the molecule is CC1=CC2C=Cc3ncccc3C2C(C)=N1. The molecule has 0 spiro atoms. The predicted molar refractivity (Wildman–Crippen MR) is 66.4 cm³/mol. The number of aromatic nitrogens is 1. The Morgan fingerprint density at radius 3 is 3.00 bits per heavy atom. The highest BCUT2D eigenvalue weighted by Gasteiger charge is 2.29. The molecule has 1 aromatic rings. The fraction of sp³-hybridized carbons (Fsp3) is 0.286. The zero-order valence-corrected chi connectivity index (χ0v) is 9.51. The van der Waals surface area contributed by atoms with E-state index < -0.39 is 0 Å². The molecule has 2 unspecified atom stereocenters. The van der Waals surface area contributed by atoms with Gasteiger partial charge in [0.2, 0.25) is 0 Å². The molecule has 2 aliphatic rings. The van der Waals surface area contributed by atoms with Crippen LogP contribution in [-0.2, 0) is 0 Å². The van der Waals surface area contributed by atoms with E-state index in [1.165, 1.54) is 11.3 Å². The molecule has 2 heterocycles. The Bertz CT molecular complexity index is 523. The van der Waals surface area contributed by atoms with Crippen molar-refractivity contribution in [1.82, 2.24) is 4.98 Å². The molecule has 0 fully saturated rings. The van der Waals surface area contributed by atoms with Crippen LogP contribution in [0.15, 0.2) is 41.2 Å². The molecule has 16 heavy (non-hydrogen) atoms. The van der Waals surface area contributed by atoms with E-state index in [2.05, 4.69) is 48.1 Å². The van der Waals surface area contributed by atoms with Gasteiger partial charge in [-0.2, -0.15) is 0 Å². The summed E-state index contributed by atoms with van der Waals surface area (Å²) < 4.78 is 0. The van der Waals surface area contributed by atoms with Crippen molar-refractivity contribution >= 4 is 11.8 Å². The smallest absolute Gasteiger partial charge is 0.0665 e. The molecule has 1 aliphatic heterocycles. The number of aliphatic imine (C=N–C) groups is 1. The summed E-state index contributed by atoms with van der Waals surface area (Å²) >= 11 is 0. The molecule has 0 N–H and O–H groups in total. The highest BCUT2D eigenvalue weighted by Crippen LogP contribution is 2.38. The van der Waals surface area contributed by atoms with E-state index >= 15 is 0 Å². The Kier molecular flexibility index (Phi) is 2.03. The van der Waals surface area contributed by atoms with Gasteiger partial charge in [-0.25, -0.2) is 0 Å². The largest absolute Gasteiger partial charge is 0.262 e. The highest BCUT2D eigenvalue weighted by atomic mass is 14.8. The Balaban J connectivity index is 2.16. The normalized spacial score (nSPS) is 26.6. The molecule has 0 saturated heterocycles. The quantitative estimate of drug-likeness (QED) is 0.645. The van der Waals surface area contributed by atoms with Crippen molar-refractivity contribution in [1.29, 1.82) is 0 Å². The van der Waals surface area contributed by atoms with Gasteiger partial charge in [-0.3, -0.25) is 9.98 Å². The fourth-order valence-electron chi connectivity index (χ4n) is 2.67. The van der Waals surface area contributed by atoms with Crippen LogP contribution in [-0.4, -0.2) is 10.7 Å². The number of nitrogens with zero attached hydrogens (tertiary/aromatic N) is 2. The topological polar surface area (TPSA) is 25.2 Å². The number of hydrogen-bond acceptors (Lipinski definition) is 2. The number of fused-ring (bicyclic) bond motifs is 3. The van der Waals surface area contributed by atoms with Crippen LogP contribution in [0.25, 0.3) is 6.08 Å². The van der Waals surface area contributed by atoms with Crippen molar-refractivity contribution < 1.29 is 0 Å². The molecule has 0 radical (unpaired) electrons. The number of allylic oxidation sites excluding steroid dienone is 3. The van der Waals surface area contributed by atoms with Crippen LogP contribution in [0.1, 0.15) is 31.0 Å². The first-order chi connectivity index (χ1) is 7.75. The van der Waals surface area contributed by atoms with E-state index in [1.54, 1.807) is 0 Å². The van der Waals surface area contributed by atoms with Crippen molar-refractivity contribution in [3.05, 3.63) is 47.4 Å². The second kappa shape index (κ2) is 3.41. The summed E-state index contributed by atoms with van der Waals surface area (Å²) in [5.74, 6) is 0.839. The summed E-state index contributed by atoms with van der Waals surface area (Å²) in [4.78, 5) is 8.98. The van der Waals surface area contributed by atoms with Gasteiger partial charge in [0.25, 0.3) is 0 Å². The van der Waals surface area contributed by atoms with Crippen LogP contribution < -0.4 is 0 Å². The Morgan fingerprint density at radius 2 is 2.12 bits per heavy atom. The van der Waals surface area contributed by atoms with Crippen molar-refractivity contribution in [3.63, 3.8) is 0 Å². The molecule has 2 heteroatoms. The van der Waals surface area contributed by atoms with Gasteiger partial charge in [0.05, 0.1) is 5.69 Å². The number of hydrogen-bond donors (Lipinski definition) is 0. The first-order valence-corrected chi connectivity index (χ1v) is 5.62. The summed E-state index contributed by atoms with van der Waals surface area (Å²) in [6, 6.07) is 4.17. The minimum Gasteiger partial charge on any atom is -0.262 e. The minimum atomic E-state index is 0.386. The molecule has 0 amide bonds. The summed E-state index contributed by atoms with van der Waals surface area (Å²) in [6.45, 7) is 4.18. The van der Waals surface area contributed by atoms with Crippen molar-refractivity contribution in [2.45, 2.75) is 19.8 Å². The predicted octanol–water partition coefficient (Wildman–Crippen LogP) is 3.19. The minimum absolute atomic E-state index is 0.386. The van der Waals surface area contributed by atoms with Crippen LogP contribution in [0.4, 0.5) is 0 Å². The van der Waals surface area contributed by atoms with E-state index in [-0.39, 0.29) is 0 Å². The maximum absolute atomic E-state index is 4.58. The lowest BCUT2D eigenvalue weighted by molar-refractivity contribution is 0.703. The molecule has 80 valence electrons. The van der Waals surface area contributed by atoms with Gasteiger partial charge in [0.1, 0.15) is 0 Å². The van der Waals surface area contributed by atoms with E-state index in [1.807, 2.05) is 12.3 Å². The zero-order valence-electron chi connectivity index (χ0n) is 9.51. The van der Waals surface area contributed by atoms with E-state index in [9.17, 15) is 0 Å². The van der Waals surface area contributed by atoms with E-state index in [4.69, 9.17) is 0 Å². The Labute approximate surface area is 95.4 Å². The maximum Gasteiger partial charge on any atom is 0.0665 e. The monoisotopic (exact) mass is 210 g/mol. The van der Waals surface area contributed by atoms with Crippen LogP contribution >= 0.6 is 0 Å². The highest BCUT2D eigenvalue weighted by molar-refractivity contribution is 5.93. The summed E-state index contributed by atoms with van der Waals surface area (Å²) in [6.07, 6.45) is 8.45. The molecule has 2 atom stereocenters. The first kappa shape index (κ1) is 9.52. The molecule has 1 aromatic heterocycles. The second-order valence-electron chi connectivity index (χ2n) is 4.45. The molecule has 2 nitrogen and oxygen atoms in total. The summed E-state index contributed by atoms with van der Waals surface area (Å²) in [7, 11) is 0. The molecule has 0 aromatic carbocycles. The Morgan fingerprint density at radius 1 is 1.25 bits per heavy atom. The van der Waals surface area contributed by atoms with Crippen LogP contribution in [0, 0.1) is 5.92 Å². The third kappa shape index (κ3) is 1.33. The first-order valence-electron chi connectivity index (χ1n) is 5.62. The standard InChI is InChI=1S/C14H14N2/c1-9-8-11-5-6-13-12(4-3-7-15-13)14(11)10(2)16-9/h3-8,11,14H,1-2H3. The van der Waals surface area contributed by atoms with Crippen LogP contribution in [0.2, 0.25) is 0 Å². The average Bonchev–Trinajstić information content (AvgIpc) is 2.28. The lowest BCUT2D eigenvalue weighted by Gasteiger charge is -2.30. The lowest BCUT2D eigenvalue weighted by Crippen LogP contribution is -2.24. The number of pyridine rings is 1. The molecular formula is C14H14N2. The van der Waals surface area contributed by atoms with Crippen molar-refractivity contribution in [2.75, 3.05) is 0 Å². The van der Waals surface area contributed by atoms with Crippen LogP contribution in [0.3, 0.4) is 0 Å². The van der Waals surface area contributed by atoms with Gasteiger partial charge in [-0.1, -0.05) is 18.2 Å². The van der Waals surface area contributed by atoms with Gasteiger partial charge >= 0.3 is 0 Å². The molecule has 0 saturated carbocycles. The Hall–Kier alpha value is -1.70. The van der Waals surface area contributed by atoms with Gasteiger partial charge in [0, 0.05) is 29.4 Å². The van der Waals surface area contributed by atoms with Gasteiger partial charge < -0.3 is 0 Å². The number of rotatable bonds is 0. The van der Waals surface area contributed by atoms with Gasteiger partial charge in [-0.15, -0.1) is 0 Å².